The minimum atomic E-state index is -0.277. The fourth-order valence-electron chi connectivity index (χ4n) is 3.43. The fraction of sp³-hybridized carbons (Fsp3) is 0.130. The number of carbonyl (C=O) groups is 1. The lowest BCUT2D eigenvalue weighted by Crippen LogP contribution is -2.08. The number of aromatic hydroxyl groups is 1. The van der Waals surface area contributed by atoms with E-state index in [0.717, 1.165) is 27.2 Å². The highest BCUT2D eigenvalue weighted by Crippen LogP contribution is 2.34. The molecule has 0 amide bonds. The molecule has 28 heavy (non-hydrogen) atoms. The van der Waals surface area contributed by atoms with Crippen LogP contribution in [-0.4, -0.2) is 22.7 Å². The average molecular weight is 394 g/mol. The molecule has 1 N–H and O–H groups in total. The van der Waals surface area contributed by atoms with Gasteiger partial charge < -0.3 is 9.84 Å². The topological polar surface area (TPSA) is 59.4 Å². The van der Waals surface area contributed by atoms with Crippen LogP contribution in [-0.2, 0) is 16.0 Å². The average Bonchev–Trinajstić information content (AvgIpc) is 2.68. The molecule has 5 heteroatoms. The van der Waals surface area contributed by atoms with E-state index in [0.29, 0.717) is 17.9 Å². The molecular formula is C23H20ClNO3. The summed E-state index contributed by atoms with van der Waals surface area (Å²) in [5, 5.41) is 13.3. The van der Waals surface area contributed by atoms with Gasteiger partial charge in [0.1, 0.15) is 5.75 Å². The first kappa shape index (κ1) is 19.6. The van der Waals surface area contributed by atoms with Crippen molar-refractivity contribution >= 4 is 40.1 Å². The predicted octanol–water partition coefficient (Wildman–Crippen LogP) is 5.29. The Balaban J connectivity index is 0.00000225. The van der Waals surface area contributed by atoms with Crippen molar-refractivity contribution in [2.75, 3.05) is 6.61 Å². The molecule has 0 unspecified atom stereocenters. The Morgan fingerprint density at radius 2 is 1.79 bits per heavy atom. The number of esters is 1. The molecule has 0 radical (unpaired) electrons. The summed E-state index contributed by atoms with van der Waals surface area (Å²) in [5.41, 5.74) is 2.90. The van der Waals surface area contributed by atoms with Crippen LogP contribution in [0.1, 0.15) is 12.5 Å². The van der Waals surface area contributed by atoms with E-state index in [1.54, 1.807) is 19.1 Å². The first-order valence-corrected chi connectivity index (χ1v) is 8.92. The molecule has 0 saturated heterocycles. The standard InChI is InChI=1S/C23H19NO3.ClH/c1-2-27-22(26)14-16-13-20(18-9-5-6-10-21(18)25)24-19-12-11-15-7-3-4-8-17(15)23(16)19;/h3-13,25H,2,14H2,1H3;1H. The molecule has 0 spiro atoms. The second-order valence-electron chi connectivity index (χ2n) is 6.35. The highest BCUT2D eigenvalue weighted by molar-refractivity contribution is 6.09. The molecule has 4 nitrogen and oxygen atoms in total. The number of benzene rings is 3. The molecule has 142 valence electrons. The van der Waals surface area contributed by atoms with Crippen LogP contribution in [0.3, 0.4) is 0 Å². The van der Waals surface area contributed by atoms with E-state index in [1.165, 1.54) is 0 Å². The third-order valence-electron chi connectivity index (χ3n) is 4.60. The Bertz CT molecular complexity index is 1160. The summed E-state index contributed by atoms with van der Waals surface area (Å²) in [6, 6.07) is 21.0. The molecule has 4 aromatic rings. The Morgan fingerprint density at radius 3 is 2.57 bits per heavy atom. The van der Waals surface area contributed by atoms with Crippen molar-refractivity contribution in [3.05, 3.63) is 72.3 Å². The summed E-state index contributed by atoms with van der Waals surface area (Å²) in [7, 11) is 0. The zero-order valence-corrected chi connectivity index (χ0v) is 16.2. The van der Waals surface area contributed by atoms with Gasteiger partial charge in [-0.15, -0.1) is 12.4 Å². The lowest BCUT2D eigenvalue weighted by Gasteiger charge is -2.13. The van der Waals surface area contributed by atoms with Crippen LogP contribution < -0.4 is 0 Å². The van der Waals surface area contributed by atoms with E-state index in [1.807, 2.05) is 54.6 Å². The van der Waals surface area contributed by atoms with Crippen molar-refractivity contribution < 1.29 is 14.6 Å². The molecule has 4 rings (SSSR count). The number of phenolic OH excluding ortho intramolecular Hbond substituents is 1. The van der Waals surface area contributed by atoms with Gasteiger partial charge in [-0.2, -0.15) is 0 Å². The number of phenols is 1. The molecule has 1 aromatic heterocycles. The highest BCUT2D eigenvalue weighted by Gasteiger charge is 2.15. The lowest BCUT2D eigenvalue weighted by atomic mass is 9.97. The van der Waals surface area contributed by atoms with Gasteiger partial charge in [0.2, 0.25) is 0 Å². The maximum atomic E-state index is 12.2. The first-order chi connectivity index (χ1) is 13.2. The summed E-state index contributed by atoms with van der Waals surface area (Å²) in [6.07, 6.45) is 0.154. The van der Waals surface area contributed by atoms with Crippen LogP contribution in [0.5, 0.6) is 5.75 Å². The van der Waals surface area contributed by atoms with E-state index in [2.05, 4.69) is 0 Å². The summed E-state index contributed by atoms with van der Waals surface area (Å²) in [5.74, 6) is -0.117. The number of fused-ring (bicyclic) bond motifs is 3. The van der Waals surface area contributed by atoms with Gasteiger partial charge in [-0.05, 0) is 47.5 Å². The van der Waals surface area contributed by atoms with E-state index in [9.17, 15) is 9.90 Å². The number of aromatic nitrogens is 1. The maximum Gasteiger partial charge on any atom is 0.310 e. The Kier molecular flexibility index (Phi) is 5.81. The van der Waals surface area contributed by atoms with E-state index >= 15 is 0 Å². The quantitative estimate of drug-likeness (QED) is 0.378. The zero-order chi connectivity index (χ0) is 18.8. The molecule has 0 fully saturated rings. The van der Waals surface area contributed by atoms with Gasteiger partial charge >= 0.3 is 5.97 Å². The van der Waals surface area contributed by atoms with Crippen LogP contribution in [0.15, 0.2) is 66.7 Å². The number of carbonyl (C=O) groups excluding carboxylic acids is 1. The summed E-state index contributed by atoms with van der Waals surface area (Å²) in [4.78, 5) is 17.0. The molecule has 0 atom stereocenters. The van der Waals surface area contributed by atoms with Crippen molar-refractivity contribution in [1.82, 2.24) is 4.98 Å². The second-order valence-corrected chi connectivity index (χ2v) is 6.35. The zero-order valence-electron chi connectivity index (χ0n) is 15.4. The number of hydrogen-bond donors (Lipinski definition) is 1. The third-order valence-corrected chi connectivity index (χ3v) is 4.60. The highest BCUT2D eigenvalue weighted by atomic mass is 35.5. The molecule has 0 aliphatic rings. The van der Waals surface area contributed by atoms with Gasteiger partial charge in [0, 0.05) is 10.9 Å². The number of pyridine rings is 1. The Hall–Kier alpha value is -3.11. The number of rotatable bonds is 4. The summed E-state index contributed by atoms with van der Waals surface area (Å²) < 4.78 is 5.17. The number of para-hydroxylation sites is 1. The van der Waals surface area contributed by atoms with Crippen molar-refractivity contribution in [3.63, 3.8) is 0 Å². The van der Waals surface area contributed by atoms with Crippen molar-refractivity contribution in [2.45, 2.75) is 13.3 Å². The van der Waals surface area contributed by atoms with Crippen molar-refractivity contribution in [3.8, 4) is 17.0 Å². The minimum absolute atomic E-state index is 0. The molecule has 0 saturated carbocycles. The van der Waals surface area contributed by atoms with Crippen LogP contribution in [0.25, 0.3) is 32.9 Å². The van der Waals surface area contributed by atoms with Crippen molar-refractivity contribution in [1.29, 1.82) is 0 Å². The van der Waals surface area contributed by atoms with Crippen LogP contribution in [0.4, 0.5) is 0 Å². The van der Waals surface area contributed by atoms with Gasteiger partial charge in [-0.1, -0.05) is 42.5 Å². The SMILES string of the molecule is CCOC(=O)Cc1cc(-c2ccccc2O)nc2ccc3ccccc3c12.Cl. The number of ether oxygens (including phenoxy) is 1. The normalized spacial score (nSPS) is 10.6. The smallest absolute Gasteiger partial charge is 0.310 e. The first-order valence-electron chi connectivity index (χ1n) is 8.92. The van der Waals surface area contributed by atoms with Crippen LogP contribution in [0, 0.1) is 0 Å². The predicted molar refractivity (Wildman–Crippen MR) is 114 cm³/mol. The van der Waals surface area contributed by atoms with Gasteiger partial charge in [-0.3, -0.25) is 4.79 Å². The maximum absolute atomic E-state index is 12.2. The largest absolute Gasteiger partial charge is 0.507 e. The van der Waals surface area contributed by atoms with Crippen LogP contribution >= 0.6 is 12.4 Å². The Morgan fingerprint density at radius 1 is 1.04 bits per heavy atom. The second kappa shape index (κ2) is 8.28. The van der Waals surface area contributed by atoms with E-state index in [4.69, 9.17) is 9.72 Å². The molecule has 0 aliphatic heterocycles. The van der Waals surface area contributed by atoms with Gasteiger partial charge in [0.05, 0.1) is 24.2 Å². The summed E-state index contributed by atoms with van der Waals surface area (Å²) >= 11 is 0. The molecule has 3 aromatic carbocycles. The number of hydrogen-bond acceptors (Lipinski definition) is 4. The Labute approximate surface area is 169 Å². The summed E-state index contributed by atoms with van der Waals surface area (Å²) in [6.45, 7) is 2.14. The number of nitrogens with zero attached hydrogens (tertiary/aromatic N) is 1. The van der Waals surface area contributed by atoms with Gasteiger partial charge in [0.25, 0.3) is 0 Å². The third kappa shape index (κ3) is 3.64. The van der Waals surface area contributed by atoms with Crippen LogP contribution in [0.2, 0.25) is 0 Å². The lowest BCUT2D eigenvalue weighted by molar-refractivity contribution is -0.142. The molecule has 0 aliphatic carbocycles. The van der Waals surface area contributed by atoms with E-state index < -0.39 is 0 Å². The van der Waals surface area contributed by atoms with Gasteiger partial charge in [-0.25, -0.2) is 4.98 Å². The molecule has 0 bridgehead atoms. The monoisotopic (exact) mass is 393 g/mol. The minimum Gasteiger partial charge on any atom is -0.507 e. The number of halogens is 1. The van der Waals surface area contributed by atoms with E-state index in [-0.39, 0.29) is 30.5 Å². The molecular weight excluding hydrogens is 374 g/mol. The van der Waals surface area contributed by atoms with Crippen molar-refractivity contribution in [2.24, 2.45) is 0 Å². The molecule has 1 heterocycles. The van der Waals surface area contributed by atoms with Gasteiger partial charge in [0.15, 0.2) is 0 Å². The fourth-order valence-corrected chi connectivity index (χ4v) is 3.43.